The Labute approximate surface area is 75.5 Å². The number of hydrogen-bond acceptors (Lipinski definition) is 3. The highest BCUT2D eigenvalue weighted by Gasteiger charge is 2.23. The van der Waals surface area contributed by atoms with Crippen molar-refractivity contribution < 1.29 is 0 Å². The van der Waals surface area contributed by atoms with Gasteiger partial charge < -0.3 is 15.5 Å². The smallest absolute Gasteiger partial charge is 0.0229 e. The molecule has 1 fully saturated rings. The topological polar surface area (TPSA) is 32.5 Å². The standard InChI is InChI=1S/C9H21N3/c1-8(10)6-12-5-4-9(7-12)11(2)3/h8-9H,4-7,10H2,1-3H3. The number of rotatable bonds is 3. The molecule has 1 aliphatic heterocycles. The molecule has 72 valence electrons. The fourth-order valence-electron chi connectivity index (χ4n) is 1.81. The first-order chi connectivity index (χ1) is 5.59. The van der Waals surface area contributed by atoms with Gasteiger partial charge in [-0.25, -0.2) is 0 Å². The predicted octanol–water partition coefficient (Wildman–Crippen LogP) is -0.0305. The Kier molecular flexibility index (Phi) is 3.50. The van der Waals surface area contributed by atoms with Crippen LogP contribution in [0.1, 0.15) is 13.3 Å². The highest BCUT2D eigenvalue weighted by molar-refractivity contribution is 4.81. The molecule has 0 spiro atoms. The average molecular weight is 171 g/mol. The summed E-state index contributed by atoms with van der Waals surface area (Å²) in [5.41, 5.74) is 5.74. The number of nitrogens with two attached hydrogens (primary N) is 1. The van der Waals surface area contributed by atoms with E-state index in [1.807, 2.05) is 0 Å². The predicted molar refractivity (Wildman–Crippen MR) is 52.2 cm³/mol. The van der Waals surface area contributed by atoms with Gasteiger partial charge in [0.25, 0.3) is 0 Å². The van der Waals surface area contributed by atoms with Crippen LogP contribution in [0.2, 0.25) is 0 Å². The summed E-state index contributed by atoms with van der Waals surface area (Å²) in [7, 11) is 4.31. The van der Waals surface area contributed by atoms with Crippen LogP contribution < -0.4 is 5.73 Å². The van der Waals surface area contributed by atoms with Crippen LogP contribution in [-0.4, -0.2) is 55.6 Å². The molecule has 2 atom stereocenters. The molecule has 3 heteroatoms. The Morgan fingerprint density at radius 2 is 2.25 bits per heavy atom. The van der Waals surface area contributed by atoms with Gasteiger partial charge in [0.2, 0.25) is 0 Å². The zero-order valence-corrected chi connectivity index (χ0v) is 8.45. The van der Waals surface area contributed by atoms with E-state index >= 15 is 0 Å². The van der Waals surface area contributed by atoms with E-state index in [9.17, 15) is 0 Å². The van der Waals surface area contributed by atoms with Gasteiger partial charge in [-0.2, -0.15) is 0 Å². The molecule has 0 aromatic rings. The van der Waals surface area contributed by atoms with Crippen molar-refractivity contribution in [3.05, 3.63) is 0 Å². The second-order valence-electron chi connectivity index (χ2n) is 4.14. The minimum absolute atomic E-state index is 0.311. The molecular weight excluding hydrogens is 150 g/mol. The van der Waals surface area contributed by atoms with Crippen LogP contribution in [0, 0.1) is 0 Å². The first kappa shape index (κ1) is 9.96. The van der Waals surface area contributed by atoms with Crippen molar-refractivity contribution in [3.8, 4) is 0 Å². The second-order valence-corrected chi connectivity index (χ2v) is 4.14. The molecule has 12 heavy (non-hydrogen) atoms. The Hall–Kier alpha value is -0.120. The van der Waals surface area contributed by atoms with Crippen LogP contribution in [0.4, 0.5) is 0 Å². The summed E-state index contributed by atoms with van der Waals surface area (Å²) >= 11 is 0. The minimum Gasteiger partial charge on any atom is -0.327 e. The van der Waals surface area contributed by atoms with Crippen LogP contribution in [0.5, 0.6) is 0 Å². The fraction of sp³-hybridized carbons (Fsp3) is 1.00. The van der Waals surface area contributed by atoms with Crippen LogP contribution in [0.25, 0.3) is 0 Å². The summed E-state index contributed by atoms with van der Waals surface area (Å²) in [6, 6.07) is 1.05. The van der Waals surface area contributed by atoms with Crippen LogP contribution >= 0.6 is 0 Å². The van der Waals surface area contributed by atoms with Gasteiger partial charge in [-0.05, 0) is 34.0 Å². The zero-order chi connectivity index (χ0) is 9.14. The van der Waals surface area contributed by atoms with E-state index in [1.54, 1.807) is 0 Å². The molecule has 1 rings (SSSR count). The van der Waals surface area contributed by atoms with E-state index in [4.69, 9.17) is 5.73 Å². The quantitative estimate of drug-likeness (QED) is 0.647. The monoisotopic (exact) mass is 171 g/mol. The van der Waals surface area contributed by atoms with Crippen molar-refractivity contribution in [1.82, 2.24) is 9.80 Å². The third-order valence-corrected chi connectivity index (χ3v) is 2.52. The maximum atomic E-state index is 5.74. The summed E-state index contributed by atoms with van der Waals surface area (Å²) in [5, 5.41) is 0. The van der Waals surface area contributed by atoms with Crippen molar-refractivity contribution in [2.24, 2.45) is 5.73 Å². The molecule has 0 aromatic heterocycles. The summed E-state index contributed by atoms with van der Waals surface area (Å²) in [5.74, 6) is 0. The van der Waals surface area contributed by atoms with Gasteiger partial charge in [-0.1, -0.05) is 0 Å². The number of nitrogens with zero attached hydrogens (tertiary/aromatic N) is 2. The van der Waals surface area contributed by atoms with E-state index in [2.05, 4.69) is 30.8 Å². The maximum Gasteiger partial charge on any atom is 0.0229 e. The van der Waals surface area contributed by atoms with Gasteiger partial charge in [0.15, 0.2) is 0 Å². The lowest BCUT2D eigenvalue weighted by Crippen LogP contribution is -2.37. The van der Waals surface area contributed by atoms with Crippen molar-refractivity contribution >= 4 is 0 Å². The molecule has 1 saturated heterocycles. The number of likely N-dealkylation sites (N-methyl/N-ethyl adjacent to an activating group) is 1. The molecule has 0 bridgehead atoms. The first-order valence-corrected chi connectivity index (χ1v) is 4.74. The molecular formula is C9H21N3. The van der Waals surface area contributed by atoms with E-state index in [1.165, 1.54) is 19.5 Å². The summed E-state index contributed by atoms with van der Waals surface area (Å²) < 4.78 is 0. The molecule has 0 aromatic carbocycles. The van der Waals surface area contributed by atoms with Crippen LogP contribution in [-0.2, 0) is 0 Å². The first-order valence-electron chi connectivity index (χ1n) is 4.74. The SMILES string of the molecule is CC(N)CN1CCC(N(C)C)C1. The minimum atomic E-state index is 0.311. The van der Waals surface area contributed by atoms with Gasteiger partial charge >= 0.3 is 0 Å². The summed E-state index contributed by atoms with van der Waals surface area (Å²) in [4.78, 5) is 4.76. The molecule has 0 aliphatic carbocycles. The average Bonchev–Trinajstić information content (AvgIpc) is 2.34. The lowest BCUT2D eigenvalue weighted by Gasteiger charge is -2.21. The van der Waals surface area contributed by atoms with Gasteiger partial charge in [0.05, 0.1) is 0 Å². The van der Waals surface area contributed by atoms with E-state index in [0.29, 0.717) is 6.04 Å². The van der Waals surface area contributed by atoms with Gasteiger partial charge in [0.1, 0.15) is 0 Å². The molecule has 2 N–H and O–H groups in total. The van der Waals surface area contributed by atoms with Crippen molar-refractivity contribution in [3.63, 3.8) is 0 Å². The van der Waals surface area contributed by atoms with E-state index in [-0.39, 0.29) is 0 Å². The van der Waals surface area contributed by atoms with Crippen molar-refractivity contribution in [1.29, 1.82) is 0 Å². The molecule has 1 aliphatic rings. The molecule has 0 amide bonds. The van der Waals surface area contributed by atoms with Crippen LogP contribution in [0.15, 0.2) is 0 Å². The molecule has 0 saturated carbocycles. The summed E-state index contributed by atoms with van der Waals surface area (Å²) in [6.45, 7) is 5.52. The Morgan fingerprint density at radius 3 is 2.67 bits per heavy atom. The largest absolute Gasteiger partial charge is 0.327 e. The van der Waals surface area contributed by atoms with Gasteiger partial charge in [-0.3, -0.25) is 0 Å². The normalized spacial score (nSPS) is 28.2. The van der Waals surface area contributed by atoms with Crippen molar-refractivity contribution in [2.75, 3.05) is 33.7 Å². The van der Waals surface area contributed by atoms with E-state index in [0.717, 1.165) is 12.6 Å². The van der Waals surface area contributed by atoms with E-state index < -0.39 is 0 Å². The molecule has 1 heterocycles. The third-order valence-electron chi connectivity index (χ3n) is 2.52. The summed E-state index contributed by atoms with van der Waals surface area (Å²) in [6.07, 6.45) is 1.29. The van der Waals surface area contributed by atoms with Gasteiger partial charge in [0, 0.05) is 25.2 Å². The lowest BCUT2D eigenvalue weighted by molar-refractivity contribution is 0.262. The lowest BCUT2D eigenvalue weighted by atomic mass is 10.2. The molecule has 3 nitrogen and oxygen atoms in total. The second kappa shape index (κ2) is 4.21. The molecule has 0 radical (unpaired) electrons. The number of hydrogen-bond donors (Lipinski definition) is 1. The van der Waals surface area contributed by atoms with Gasteiger partial charge in [-0.15, -0.1) is 0 Å². The third kappa shape index (κ3) is 2.73. The molecule has 2 unspecified atom stereocenters. The Morgan fingerprint density at radius 1 is 1.58 bits per heavy atom. The number of likely N-dealkylation sites (tertiary alicyclic amines) is 1. The fourth-order valence-corrected chi connectivity index (χ4v) is 1.81. The maximum absolute atomic E-state index is 5.74. The van der Waals surface area contributed by atoms with Crippen LogP contribution in [0.3, 0.4) is 0 Å². The zero-order valence-electron chi connectivity index (χ0n) is 8.45. The highest BCUT2D eigenvalue weighted by Crippen LogP contribution is 2.12. The Balaban J connectivity index is 2.26. The van der Waals surface area contributed by atoms with Crippen molar-refractivity contribution in [2.45, 2.75) is 25.4 Å². The highest BCUT2D eigenvalue weighted by atomic mass is 15.2. The Bertz CT molecular complexity index is 134.